The van der Waals surface area contributed by atoms with E-state index in [0.717, 1.165) is 13.0 Å². The molecule has 1 fully saturated rings. The molecule has 0 aromatic heterocycles. The van der Waals surface area contributed by atoms with Crippen LogP contribution in [0.5, 0.6) is 0 Å². The van der Waals surface area contributed by atoms with Crippen molar-refractivity contribution in [1.29, 1.82) is 0 Å². The Balaban J connectivity index is 1.70. The molecule has 0 radical (unpaired) electrons. The van der Waals surface area contributed by atoms with E-state index in [-0.39, 0.29) is 12.1 Å². The summed E-state index contributed by atoms with van der Waals surface area (Å²) in [4.78, 5) is 17.2. The summed E-state index contributed by atoms with van der Waals surface area (Å²) in [6.07, 6.45) is 4.47. The quantitative estimate of drug-likeness (QED) is 0.739. The summed E-state index contributed by atoms with van der Waals surface area (Å²) in [6, 6.07) is 0. The van der Waals surface area contributed by atoms with Crippen LogP contribution >= 0.6 is 11.6 Å². The maximum absolute atomic E-state index is 11.3. The molecule has 1 N–H and O–H groups in total. The number of aliphatic imine (C=N–C) groups is 1. The van der Waals surface area contributed by atoms with Gasteiger partial charge in [0.25, 0.3) is 0 Å². The number of rotatable bonds is 4. The number of halogens is 1. The van der Waals surface area contributed by atoms with Gasteiger partial charge in [-0.05, 0) is 6.42 Å². The molecular formula is C10H14ClN3O2. The molecule has 2 aliphatic heterocycles. The Kier molecular flexibility index (Phi) is 3.79. The van der Waals surface area contributed by atoms with Gasteiger partial charge in [-0.3, -0.25) is 4.79 Å². The lowest BCUT2D eigenvalue weighted by Crippen LogP contribution is -2.30. The van der Waals surface area contributed by atoms with E-state index in [4.69, 9.17) is 16.3 Å². The minimum Gasteiger partial charge on any atom is -0.351 e. The lowest BCUT2D eigenvalue weighted by molar-refractivity contribution is -0.128. The van der Waals surface area contributed by atoms with Gasteiger partial charge in [-0.1, -0.05) is 11.6 Å². The molecule has 6 heteroatoms. The third-order valence-corrected chi connectivity index (χ3v) is 2.77. The number of nitrogens with zero attached hydrogens (tertiary/aromatic N) is 2. The standard InChI is InChI=1S/C10H14ClN3O2/c11-8-6-9(13-7-12-8)16-5-4-14-3-1-2-10(14)15/h6-7,9H,1-5H2,(H,12,13). The third-order valence-electron chi connectivity index (χ3n) is 2.53. The highest BCUT2D eigenvalue weighted by molar-refractivity contribution is 6.30. The fourth-order valence-corrected chi connectivity index (χ4v) is 1.86. The minimum absolute atomic E-state index is 0.214. The van der Waals surface area contributed by atoms with E-state index in [2.05, 4.69) is 10.3 Å². The van der Waals surface area contributed by atoms with Crippen molar-refractivity contribution in [3.05, 3.63) is 11.2 Å². The van der Waals surface area contributed by atoms with Crippen LogP contribution in [-0.2, 0) is 9.53 Å². The van der Waals surface area contributed by atoms with E-state index in [9.17, 15) is 4.79 Å². The fraction of sp³-hybridized carbons (Fsp3) is 0.600. The SMILES string of the molecule is O=C1CCCN1CCOC1C=C(Cl)NC=N1. The van der Waals surface area contributed by atoms with Gasteiger partial charge in [-0.2, -0.15) is 0 Å². The maximum Gasteiger partial charge on any atom is 0.222 e. The van der Waals surface area contributed by atoms with E-state index in [1.54, 1.807) is 6.08 Å². The summed E-state index contributed by atoms with van der Waals surface area (Å²) in [7, 11) is 0. The second kappa shape index (κ2) is 5.32. The Hall–Kier alpha value is -1.07. The fourth-order valence-electron chi connectivity index (χ4n) is 1.70. The van der Waals surface area contributed by atoms with Crippen molar-refractivity contribution < 1.29 is 9.53 Å². The summed E-state index contributed by atoms with van der Waals surface area (Å²) >= 11 is 5.75. The predicted octanol–water partition coefficient (Wildman–Crippen LogP) is 0.663. The summed E-state index contributed by atoms with van der Waals surface area (Å²) in [5, 5.41) is 3.25. The van der Waals surface area contributed by atoms with Crippen LogP contribution in [0.4, 0.5) is 0 Å². The molecule has 0 aliphatic carbocycles. The molecule has 2 rings (SSSR count). The van der Waals surface area contributed by atoms with Crippen molar-refractivity contribution in [2.75, 3.05) is 19.7 Å². The molecule has 16 heavy (non-hydrogen) atoms. The van der Waals surface area contributed by atoms with E-state index in [0.29, 0.717) is 24.7 Å². The van der Waals surface area contributed by atoms with Crippen LogP contribution in [-0.4, -0.2) is 43.1 Å². The normalized spacial score (nSPS) is 24.6. The summed E-state index contributed by atoms with van der Waals surface area (Å²) in [5.41, 5.74) is 0. The van der Waals surface area contributed by atoms with Crippen molar-refractivity contribution in [2.24, 2.45) is 4.99 Å². The van der Waals surface area contributed by atoms with Gasteiger partial charge >= 0.3 is 0 Å². The molecule has 0 bridgehead atoms. The lowest BCUT2D eigenvalue weighted by atomic mass is 10.4. The first kappa shape index (κ1) is 11.4. The zero-order valence-corrected chi connectivity index (χ0v) is 9.61. The molecule has 1 saturated heterocycles. The van der Waals surface area contributed by atoms with Gasteiger partial charge in [-0.15, -0.1) is 0 Å². The average molecular weight is 244 g/mol. The largest absolute Gasteiger partial charge is 0.351 e. The zero-order chi connectivity index (χ0) is 11.4. The van der Waals surface area contributed by atoms with Crippen LogP contribution in [0, 0.1) is 0 Å². The molecule has 2 heterocycles. The first-order valence-corrected chi connectivity index (χ1v) is 5.68. The average Bonchev–Trinajstić information content (AvgIpc) is 2.65. The molecule has 0 aromatic carbocycles. The molecule has 0 aromatic rings. The van der Waals surface area contributed by atoms with Crippen LogP contribution in [0.15, 0.2) is 16.2 Å². The van der Waals surface area contributed by atoms with Crippen molar-refractivity contribution in [1.82, 2.24) is 10.2 Å². The minimum atomic E-state index is -0.341. The number of carbonyl (C=O) groups is 1. The smallest absolute Gasteiger partial charge is 0.222 e. The molecule has 1 atom stereocenters. The van der Waals surface area contributed by atoms with Gasteiger partial charge in [0.2, 0.25) is 5.91 Å². The number of nitrogens with one attached hydrogen (secondary N) is 1. The van der Waals surface area contributed by atoms with E-state index in [1.807, 2.05) is 4.90 Å². The molecule has 1 amide bonds. The van der Waals surface area contributed by atoms with Crippen LogP contribution in [0.3, 0.4) is 0 Å². The predicted molar refractivity (Wildman–Crippen MR) is 61.1 cm³/mol. The molecule has 1 unspecified atom stereocenters. The maximum atomic E-state index is 11.3. The highest BCUT2D eigenvalue weighted by Gasteiger charge is 2.19. The van der Waals surface area contributed by atoms with Crippen LogP contribution in [0.2, 0.25) is 0 Å². The Bertz CT molecular complexity index is 330. The first-order valence-electron chi connectivity index (χ1n) is 5.30. The number of likely N-dealkylation sites (tertiary alicyclic amines) is 1. The monoisotopic (exact) mass is 243 g/mol. The number of carbonyl (C=O) groups excluding carboxylic acids is 1. The summed E-state index contributed by atoms with van der Waals surface area (Å²) in [6.45, 7) is 1.95. The summed E-state index contributed by atoms with van der Waals surface area (Å²) in [5.74, 6) is 0.214. The van der Waals surface area contributed by atoms with Crippen molar-refractivity contribution in [2.45, 2.75) is 19.1 Å². The summed E-state index contributed by atoms with van der Waals surface area (Å²) < 4.78 is 5.47. The van der Waals surface area contributed by atoms with Gasteiger partial charge in [0.1, 0.15) is 5.16 Å². The highest BCUT2D eigenvalue weighted by atomic mass is 35.5. The molecular weight excluding hydrogens is 230 g/mol. The molecule has 0 spiro atoms. The topological polar surface area (TPSA) is 53.9 Å². The van der Waals surface area contributed by atoms with Crippen LogP contribution in [0.25, 0.3) is 0 Å². The van der Waals surface area contributed by atoms with Crippen molar-refractivity contribution >= 4 is 23.8 Å². The molecule has 5 nitrogen and oxygen atoms in total. The van der Waals surface area contributed by atoms with Gasteiger partial charge < -0.3 is 15.0 Å². The van der Waals surface area contributed by atoms with Crippen LogP contribution < -0.4 is 5.32 Å². The zero-order valence-electron chi connectivity index (χ0n) is 8.86. The van der Waals surface area contributed by atoms with Crippen LogP contribution in [0.1, 0.15) is 12.8 Å². The van der Waals surface area contributed by atoms with Gasteiger partial charge in [0.15, 0.2) is 6.23 Å². The van der Waals surface area contributed by atoms with Crippen molar-refractivity contribution in [3.8, 4) is 0 Å². The highest BCUT2D eigenvalue weighted by Crippen LogP contribution is 2.10. The Morgan fingerprint density at radius 1 is 1.69 bits per heavy atom. The molecule has 88 valence electrons. The lowest BCUT2D eigenvalue weighted by Gasteiger charge is -2.18. The first-order chi connectivity index (χ1) is 7.75. The molecule has 2 aliphatic rings. The van der Waals surface area contributed by atoms with Gasteiger partial charge in [0, 0.05) is 25.6 Å². The van der Waals surface area contributed by atoms with Crippen molar-refractivity contribution in [3.63, 3.8) is 0 Å². The second-order valence-corrected chi connectivity index (χ2v) is 4.09. The van der Waals surface area contributed by atoms with Gasteiger partial charge in [0.05, 0.1) is 12.9 Å². The number of ether oxygens (including phenoxy) is 1. The van der Waals surface area contributed by atoms with E-state index < -0.39 is 0 Å². The Labute approximate surface area is 99.1 Å². The number of hydrogen-bond donors (Lipinski definition) is 1. The third kappa shape index (κ3) is 2.96. The number of hydrogen-bond acceptors (Lipinski definition) is 4. The molecule has 0 saturated carbocycles. The van der Waals surface area contributed by atoms with E-state index >= 15 is 0 Å². The second-order valence-electron chi connectivity index (χ2n) is 3.68. The van der Waals surface area contributed by atoms with E-state index in [1.165, 1.54) is 6.34 Å². The van der Waals surface area contributed by atoms with Gasteiger partial charge in [-0.25, -0.2) is 4.99 Å². The number of amides is 1. The Morgan fingerprint density at radius 2 is 2.56 bits per heavy atom. The Morgan fingerprint density at radius 3 is 3.25 bits per heavy atom.